The predicted molar refractivity (Wildman–Crippen MR) is 114 cm³/mol. The monoisotopic (exact) mass is 482 g/mol. The highest BCUT2D eigenvalue weighted by molar-refractivity contribution is 6.34. The molecule has 0 saturated heterocycles. The smallest absolute Gasteiger partial charge is 0.416 e. The third kappa shape index (κ3) is 4.99. The molecule has 0 amide bonds. The standard InChI is InChI=1S/C23H18ClF3O6/c24-17-3-1-2-15-18(28)11-20(33-21(15)17)16-5-4-13(23(25,26)27)10-19(16)32-7-6-31-14-8-12(9-14)22(29)30/h1-5,10-12,14H,6-9H2,(H,29,30)/t12-,14+. The van der Waals surface area contributed by atoms with E-state index in [0.29, 0.717) is 12.8 Å². The van der Waals surface area contributed by atoms with Crippen molar-refractivity contribution in [1.82, 2.24) is 0 Å². The molecule has 1 aromatic heterocycles. The maximum absolute atomic E-state index is 13.3. The number of rotatable bonds is 7. The van der Waals surface area contributed by atoms with Gasteiger partial charge in [-0.3, -0.25) is 9.59 Å². The Kier molecular flexibility index (Phi) is 6.36. The van der Waals surface area contributed by atoms with E-state index in [9.17, 15) is 22.8 Å². The van der Waals surface area contributed by atoms with Gasteiger partial charge in [0.2, 0.25) is 0 Å². The summed E-state index contributed by atoms with van der Waals surface area (Å²) in [6.07, 6.45) is -4.06. The molecule has 0 radical (unpaired) electrons. The number of para-hydroxylation sites is 1. The number of carboxylic acids is 1. The lowest BCUT2D eigenvalue weighted by Crippen LogP contribution is -2.37. The van der Waals surface area contributed by atoms with Gasteiger partial charge in [0, 0.05) is 6.07 Å². The largest absolute Gasteiger partial charge is 0.490 e. The van der Waals surface area contributed by atoms with Gasteiger partial charge in [-0.15, -0.1) is 0 Å². The molecule has 1 saturated carbocycles. The molecule has 2 aromatic carbocycles. The molecule has 1 N–H and O–H groups in total. The van der Waals surface area contributed by atoms with Crippen molar-refractivity contribution in [2.75, 3.05) is 13.2 Å². The zero-order chi connectivity index (χ0) is 23.8. The van der Waals surface area contributed by atoms with Gasteiger partial charge in [0.25, 0.3) is 0 Å². The van der Waals surface area contributed by atoms with Crippen molar-refractivity contribution in [3.63, 3.8) is 0 Å². The van der Waals surface area contributed by atoms with Crippen molar-refractivity contribution in [1.29, 1.82) is 0 Å². The fourth-order valence-corrected chi connectivity index (χ4v) is 3.78. The molecule has 10 heteroatoms. The van der Waals surface area contributed by atoms with Gasteiger partial charge in [-0.05, 0) is 43.2 Å². The summed E-state index contributed by atoms with van der Waals surface area (Å²) in [6, 6.07) is 8.70. The Hall–Kier alpha value is -3.04. The molecule has 0 atom stereocenters. The molecule has 1 fully saturated rings. The summed E-state index contributed by atoms with van der Waals surface area (Å²) in [5.74, 6) is -1.45. The maximum atomic E-state index is 13.3. The van der Waals surface area contributed by atoms with E-state index in [4.69, 9.17) is 30.6 Å². The highest BCUT2D eigenvalue weighted by Gasteiger charge is 2.35. The Morgan fingerprint density at radius 1 is 1.15 bits per heavy atom. The second-order valence-electron chi connectivity index (χ2n) is 7.65. The lowest BCUT2D eigenvalue weighted by Gasteiger charge is -2.32. The fourth-order valence-electron chi connectivity index (χ4n) is 3.57. The van der Waals surface area contributed by atoms with E-state index in [0.717, 1.165) is 12.1 Å². The second-order valence-corrected chi connectivity index (χ2v) is 8.06. The minimum absolute atomic E-state index is 0.00790. The van der Waals surface area contributed by atoms with Crippen LogP contribution < -0.4 is 10.2 Å². The normalized spacial score (nSPS) is 18.2. The lowest BCUT2D eigenvalue weighted by atomic mass is 9.82. The molecular formula is C23H18ClF3O6. The van der Waals surface area contributed by atoms with Gasteiger partial charge in [-0.25, -0.2) is 0 Å². The number of aliphatic carboxylic acids is 1. The number of ether oxygens (including phenoxy) is 2. The van der Waals surface area contributed by atoms with Gasteiger partial charge >= 0.3 is 12.1 Å². The van der Waals surface area contributed by atoms with E-state index >= 15 is 0 Å². The maximum Gasteiger partial charge on any atom is 0.416 e. The van der Waals surface area contributed by atoms with Crippen molar-refractivity contribution in [3.05, 3.63) is 63.3 Å². The van der Waals surface area contributed by atoms with E-state index in [1.54, 1.807) is 6.07 Å². The van der Waals surface area contributed by atoms with E-state index in [1.165, 1.54) is 24.3 Å². The zero-order valence-electron chi connectivity index (χ0n) is 17.0. The van der Waals surface area contributed by atoms with Crippen LogP contribution in [-0.4, -0.2) is 30.4 Å². The fraction of sp³-hybridized carbons (Fsp3) is 0.304. The quantitative estimate of drug-likeness (QED) is 0.454. The molecule has 0 spiro atoms. The number of hydrogen-bond acceptors (Lipinski definition) is 5. The minimum Gasteiger partial charge on any atom is -0.490 e. The first-order valence-electron chi connectivity index (χ1n) is 10.0. The number of carboxylic acid groups (broad SMARTS) is 1. The highest BCUT2D eigenvalue weighted by Crippen LogP contribution is 2.38. The molecule has 3 aromatic rings. The molecule has 0 unspecified atom stereocenters. The molecule has 0 bridgehead atoms. The minimum atomic E-state index is -4.60. The Morgan fingerprint density at radius 2 is 1.91 bits per heavy atom. The first-order chi connectivity index (χ1) is 15.6. The van der Waals surface area contributed by atoms with Gasteiger partial charge in [0.15, 0.2) is 11.0 Å². The van der Waals surface area contributed by atoms with Crippen LogP contribution >= 0.6 is 11.6 Å². The molecule has 33 heavy (non-hydrogen) atoms. The first-order valence-corrected chi connectivity index (χ1v) is 10.4. The van der Waals surface area contributed by atoms with Crippen molar-refractivity contribution >= 4 is 28.5 Å². The van der Waals surface area contributed by atoms with E-state index in [-0.39, 0.29) is 52.4 Å². The summed E-state index contributed by atoms with van der Waals surface area (Å²) in [7, 11) is 0. The van der Waals surface area contributed by atoms with Crippen LogP contribution in [0.15, 0.2) is 51.7 Å². The highest BCUT2D eigenvalue weighted by atomic mass is 35.5. The number of carbonyl (C=O) groups is 1. The van der Waals surface area contributed by atoms with Crippen molar-refractivity contribution in [3.8, 4) is 17.1 Å². The Morgan fingerprint density at radius 3 is 2.61 bits per heavy atom. The Bertz CT molecular complexity index is 1250. The van der Waals surface area contributed by atoms with Crippen molar-refractivity contribution in [2.45, 2.75) is 25.1 Å². The zero-order valence-corrected chi connectivity index (χ0v) is 17.8. The second kappa shape index (κ2) is 9.07. The molecule has 174 valence electrons. The molecular weight excluding hydrogens is 465 g/mol. The van der Waals surface area contributed by atoms with E-state index in [2.05, 4.69) is 0 Å². The summed E-state index contributed by atoms with van der Waals surface area (Å²) in [5, 5.41) is 9.33. The summed E-state index contributed by atoms with van der Waals surface area (Å²) < 4.78 is 56.6. The molecule has 6 nitrogen and oxygen atoms in total. The van der Waals surface area contributed by atoms with Gasteiger partial charge in [-0.2, -0.15) is 13.2 Å². The molecule has 1 aliphatic carbocycles. The number of fused-ring (bicyclic) bond motifs is 1. The van der Waals surface area contributed by atoms with Gasteiger partial charge in [0.1, 0.15) is 18.1 Å². The predicted octanol–water partition coefficient (Wildman–Crippen LogP) is 5.39. The van der Waals surface area contributed by atoms with Crippen LogP contribution in [0.3, 0.4) is 0 Å². The summed E-state index contributed by atoms with van der Waals surface area (Å²) in [4.78, 5) is 23.4. The average Bonchev–Trinajstić information content (AvgIpc) is 2.71. The number of hydrogen-bond donors (Lipinski definition) is 1. The third-order valence-electron chi connectivity index (χ3n) is 5.42. The third-order valence-corrected chi connectivity index (χ3v) is 5.72. The van der Waals surface area contributed by atoms with Gasteiger partial charge < -0.3 is 19.0 Å². The summed E-state index contributed by atoms with van der Waals surface area (Å²) >= 11 is 6.13. The van der Waals surface area contributed by atoms with E-state index < -0.39 is 29.1 Å². The van der Waals surface area contributed by atoms with Crippen LogP contribution in [0, 0.1) is 5.92 Å². The molecule has 1 aliphatic rings. The molecule has 0 aliphatic heterocycles. The first kappa shape index (κ1) is 23.1. The van der Waals surface area contributed by atoms with Crippen molar-refractivity contribution < 1.29 is 37.0 Å². The summed E-state index contributed by atoms with van der Waals surface area (Å²) in [6.45, 7) is -0.0265. The van der Waals surface area contributed by atoms with Gasteiger partial charge in [-0.1, -0.05) is 17.7 Å². The summed E-state index contributed by atoms with van der Waals surface area (Å²) in [5.41, 5.74) is -1.06. The molecule has 4 rings (SSSR count). The topological polar surface area (TPSA) is 86.0 Å². The van der Waals surface area contributed by atoms with E-state index in [1.807, 2.05) is 0 Å². The number of halogens is 4. The SMILES string of the molecule is O=c1cc(-c2ccc(C(F)(F)F)cc2OCCO[C@H]2C[C@@H](C(=O)O)C2)oc2c(Cl)cccc12. The van der Waals surface area contributed by atoms with Gasteiger partial charge in [0.05, 0.1) is 40.2 Å². The lowest BCUT2D eigenvalue weighted by molar-refractivity contribution is -0.151. The van der Waals surface area contributed by atoms with Crippen LogP contribution in [0.4, 0.5) is 13.2 Å². The van der Waals surface area contributed by atoms with Crippen LogP contribution in [0.5, 0.6) is 5.75 Å². The van der Waals surface area contributed by atoms with Crippen LogP contribution in [0.25, 0.3) is 22.3 Å². The Balaban J connectivity index is 1.58. The van der Waals surface area contributed by atoms with Crippen LogP contribution in [0.1, 0.15) is 18.4 Å². The Labute approximate surface area is 190 Å². The van der Waals surface area contributed by atoms with Crippen molar-refractivity contribution in [2.24, 2.45) is 5.92 Å². The number of alkyl halides is 3. The number of benzene rings is 2. The molecule has 1 heterocycles. The van der Waals surface area contributed by atoms with Crippen LogP contribution in [-0.2, 0) is 15.7 Å². The average molecular weight is 483 g/mol. The van der Waals surface area contributed by atoms with Crippen LogP contribution in [0.2, 0.25) is 5.02 Å².